The molecule has 1 spiro atoms. The maximum absolute atomic E-state index is 14.3. The molecule has 0 bridgehead atoms. The van der Waals surface area contributed by atoms with Crippen molar-refractivity contribution in [2.45, 2.75) is 118 Å². The highest BCUT2D eigenvalue weighted by Crippen LogP contribution is 2.48. The van der Waals surface area contributed by atoms with Crippen molar-refractivity contribution >= 4 is 23.4 Å². The minimum Gasteiger partial charge on any atom is -0.347 e. The van der Waals surface area contributed by atoms with Gasteiger partial charge in [-0.1, -0.05) is 109 Å². The first-order valence-corrected chi connectivity index (χ1v) is 18.8. The average molecular weight is 699 g/mol. The normalized spacial score (nSPS) is 24.0. The second kappa shape index (κ2) is 17.4. The quantitative estimate of drug-likeness (QED) is 0.144. The van der Waals surface area contributed by atoms with E-state index in [-0.39, 0.29) is 23.3 Å². The number of nitrogens with zero attached hydrogens (tertiary/aromatic N) is 6. The lowest BCUT2D eigenvalue weighted by molar-refractivity contribution is -0.132. The molecule has 51 heavy (non-hydrogen) atoms. The summed E-state index contributed by atoms with van der Waals surface area (Å²) >= 11 is 0. The molecule has 278 valence electrons. The summed E-state index contributed by atoms with van der Waals surface area (Å²) in [5.41, 5.74) is 6.43. The van der Waals surface area contributed by atoms with Gasteiger partial charge in [-0.15, -0.1) is 0 Å². The van der Waals surface area contributed by atoms with Crippen LogP contribution in [-0.4, -0.2) is 71.0 Å². The molecule has 3 aliphatic heterocycles. The molecule has 3 heterocycles. The van der Waals surface area contributed by atoms with Crippen LogP contribution in [0.3, 0.4) is 0 Å². The summed E-state index contributed by atoms with van der Waals surface area (Å²) in [6.45, 7) is 24.0. The van der Waals surface area contributed by atoms with Gasteiger partial charge in [-0.05, 0) is 86.2 Å². The molecule has 1 unspecified atom stereocenters. The van der Waals surface area contributed by atoms with Crippen LogP contribution in [0.2, 0.25) is 0 Å². The number of hydrogen-bond donors (Lipinski definition) is 2. The second-order valence-electron chi connectivity index (χ2n) is 16.6. The van der Waals surface area contributed by atoms with Gasteiger partial charge in [0.05, 0.1) is 18.3 Å². The Morgan fingerprint density at radius 2 is 1.90 bits per heavy atom. The van der Waals surface area contributed by atoms with Gasteiger partial charge < -0.3 is 15.1 Å². The molecule has 0 aromatic heterocycles. The topological polar surface area (TPSA) is 114 Å². The summed E-state index contributed by atoms with van der Waals surface area (Å²) in [6, 6.07) is 0.0975. The molecule has 5 rings (SSSR count). The molecular formula is C41H62N8O2. The molecule has 1 saturated carbocycles. The SMILES string of the molecule is C=C(/C=C\C)C(=O)NCC1=NNN=NC1.CC/C=C/C(CCC(C)(C)C)N1C(=O)C(N2CC3=C(CC=CC=C3)C2)=NC12CCC(C(C)(C)C)CC2. The van der Waals surface area contributed by atoms with Gasteiger partial charge in [0, 0.05) is 18.7 Å². The largest absolute Gasteiger partial charge is 0.347 e. The van der Waals surface area contributed by atoms with Crippen molar-refractivity contribution < 1.29 is 9.59 Å². The molecule has 2 N–H and O–H groups in total. The van der Waals surface area contributed by atoms with Gasteiger partial charge in [-0.3, -0.25) is 9.59 Å². The highest BCUT2D eigenvalue weighted by Gasteiger charge is 2.53. The first kappa shape index (κ1) is 39.7. The maximum atomic E-state index is 14.3. The summed E-state index contributed by atoms with van der Waals surface area (Å²) in [4.78, 5) is 35.6. The minimum absolute atomic E-state index is 0.0975. The molecule has 2 amide bonds. The van der Waals surface area contributed by atoms with E-state index in [9.17, 15) is 9.59 Å². The first-order chi connectivity index (χ1) is 24.2. The fourth-order valence-electron chi connectivity index (χ4n) is 7.37. The van der Waals surface area contributed by atoms with E-state index >= 15 is 0 Å². The third-order valence-electron chi connectivity index (χ3n) is 10.4. The molecule has 1 fully saturated rings. The number of carbonyl (C=O) groups is 2. The van der Waals surface area contributed by atoms with Crippen LogP contribution in [0.4, 0.5) is 0 Å². The summed E-state index contributed by atoms with van der Waals surface area (Å²) < 4.78 is 0. The van der Waals surface area contributed by atoms with Crippen LogP contribution in [-0.2, 0) is 9.59 Å². The second-order valence-corrected chi connectivity index (χ2v) is 16.6. The third kappa shape index (κ3) is 10.7. The average Bonchev–Trinajstić information content (AvgIpc) is 3.52. The van der Waals surface area contributed by atoms with Crippen molar-refractivity contribution in [2.75, 3.05) is 26.2 Å². The van der Waals surface area contributed by atoms with E-state index in [1.165, 1.54) is 11.1 Å². The van der Waals surface area contributed by atoms with Crippen LogP contribution in [0.5, 0.6) is 0 Å². The number of amides is 2. The van der Waals surface area contributed by atoms with Crippen molar-refractivity contribution in [3.8, 4) is 0 Å². The summed E-state index contributed by atoms with van der Waals surface area (Å²) in [5, 5.41) is 13.7. The van der Waals surface area contributed by atoms with Crippen molar-refractivity contribution in [3.63, 3.8) is 0 Å². The van der Waals surface area contributed by atoms with Crippen molar-refractivity contribution in [1.29, 1.82) is 0 Å². The van der Waals surface area contributed by atoms with Crippen molar-refractivity contribution in [1.82, 2.24) is 20.7 Å². The van der Waals surface area contributed by atoms with Crippen LogP contribution in [0.25, 0.3) is 0 Å². The lowest BCUT2D eigenvalue weighted by Crippen LogP contribution is -2.54. The Hall–Kier alpha value is -4.08. The number of rotatable bonds is 9. The number of hydrogen-bond acceptors (Lipinski definition) is 8. The fourth-order valence-corrected chi connectivity index (χ4v) is 7.37. The van der Waals surface area contributed by atoms with Gasteiger partial charge in [0.2, 0.25) is 0 Å². The van der Waals surface area contributed by atoms with Crippen LogP contribution < -0.4 is 10.9 Å². The van der Waals surface area contributed by atoms with Gasteiger partial charge in [-0.25, -0.2) is 4.99 Å². The number of carbonyl (C=O) groups excluding carboxylic acids is 2. The predicted octanol–water partition coefficient (Wildman–Crippen LogP) is 8.01. The Balaban J connectivity index is 0.000000326. The van der Waals surface area contributed by atoms with E-state index in [4.69, 9.17) is 4.99 Å². The number of nitrogens with one attached hydrogen (secondary N) is 2. The predicted molar refractivity (Wildman–Crippen MR) is 209 cm³/mol. The van der Waals surface area contributed by atoms with Crippen LogP contribution in [0.15, 0.2) is 92.3 Å². The number of aliphatic imine (C=N–C) groups is 1. The molecule has 5 aliphatic rings. The third-order valence-corrected chi connectivity index (χ3v) is 10.4. The van der Waals surface area contributed by atoms with Gasteiger partial charge in [0.25, 0.3) is 11.8 Å². The smallest absolute Gasteiger partial charge is 0.291 e. The van der Waals surface area contributed by atoms with E-state index in [1.54, 1.807) is 12.2 Å². The Kier molecular flexibility index (Phi) is 13.6. The molecule has 10 heteroatoms. The monoisotopic (exact) mass is 698 g/mol. The van der Waals surface area contributed by atoms with Crippen molar-refractivity contribution in [2.24, 2.45) is 37.2 Å². The van der Waals surface area contributed by atoms with E-state index < -0.39 is 5.66 Å². The minimum atomic E-state index is -0.398. The van der Waals surface area contributed by atoms with Crippen LogP contribution in [0, 0.1) is 16.7 Å². The van der Waals surface area contributed by atoms with Gasteiger partial charge in [0.15, 0.2) is 5.84 Å². The molecule has 10 nitrogen and oxygen atoms in total. The van der Waals surface area contributed by atoms with Crippen LogP contribution >= 0.6 is 0 Å². The van der Waals surface area contributed by atoms with Gasteiger partial charge in [-0.2, -0.15) is 15.8 Å². The molecule has 0 radical (unpaired) electrons. The highest BCUT2D eigenvalue weighted by molar-refractivity contribution is 6.39. The Morgan fingerprint density at radius 3 is 2.53 bits per heavy atom. The van der Waals surface area contributed by atoms with E-state index in [1.807, 2.05) is 6.92 Å². The number of allylic oxidation sites excluding steroid dienone is 5. The summed E-state index contributed by atoms with van der Waals surface area (Å²) in [7, 11) is 0. The highest BCUT2D eigenvalue weighted by atomic mass is 16.2. The van der Waals surface area contributed by atoms with Gasteiger partial charge >= 0.3 is 0 Å². The summed E-state index contributed by atoms with van der Waals surface area (Å²) in [6.07, 6.45) is 24.9. The number of hydrazone groups is 1. The Morgan fingerprint density at radius 1 is 1.16 bits per heavy atom. The lowest BCUT2D eigenvalue weighted by atomic mass is 9.69. The lowest BCUT2D eigenvalue weighted by Gasteiger charge is -2.47. The molecule has 0 aromatic carbocycles. The number of amidine groups is 1. The molecule has 0 aromatic rings. The Bertz CT molecular complexity index is 1520. The maximum Gasteiger partial charge on any atom is 0.291 e. The molecule has 2 aliphatic carbocycles. The zero-order chi connectivity index (χ0) is 37.2. The first-order valence-electron chi connectivity index (χ1n) is 18.8. The molecule has 0 saturated heterocycles. The standard InChI is InChI=1S/C32H49N3O.C9H13N5O/c1-8-9-15-27(18-19-30(2,3)4)35-29(36)28(34-22-24-13-11-10-12-14-25(24)23-34)33-32(35)20-16-26(17-21-32)31(5,6)7;1-3-4-7(2)9(15)10-5-8-6-11-13-14-12-8/h9-13,15,26-27H,8,14,16-23H2,1-7H3;3-4H,2,5-6H2,1H3,(H,10,15)(H,11,14)/b15-9+;4-3-. The van der Waals surface area contributed by atoms with E-state index in [2.05, 4.69) is 128 Å². The van der Waals surface area contributed by atoms with E-state index in [0.717, 1.165) is 70.2 Å². The fraction of sp³-hybridized carbons (Fsp3) is 0.610. The van der Waals surface area contributed by atoms with E-state index in [0.29, 0.717) is 35.8 Å². The zero-order valence-electron chi connectivity index (χ0n) is 32.5. The summed E-state index contributed by atoms with van der Waals surface area (Å²) in [5.74, 6) is 1.33. The molecule has 1 atom stereocenters. The zero-order valence-corrected chi connectivity index (χ0v) is 32.5. The Labute approximate surface area is 306 Å². The van der Waals surface area contributed by atoms with Crippen molar-refractivity contribution in [3.05, 3.63) is 71.9 Å². The van der Waals surface area contributed by atoms with Gasteiger partial charge in [0.1, 0.15) is 12.2 Å². The van der Waals surface area contributed by atoms with Crippen LogP contribution in [0.1, 0.15) is 107 Å². The molecular weight excluding hydrogens is 637 g/mol.